The summed E-state index contributed by atoms with van der Waals surface area (Å²) in [5.41, 5.74) is 0.258. The summed E-state index contributed by atoms with van der Waals surface area (Å²) < 4.78 is 0. The largest absolute Gasteiger partial charge is 0.382 e. The van der Waals surface area contributed by atoms with Crippen LogP contribution in [0.15, 0.2) is 60.7 Å². The van der Waals surface area contributed by atoms with E-state index in [-0.39, 0.29) is 5.78 Å². The first-order valence-electron chi connectivity index (χ1n) is 10.9. The molecule has 4 nitrogen and oxygen atoms in total. The number of aldehydes is 1. The number of carbonyl (C=O) groups excluding carboxylic acids is 3. The number of Topliss-reactive ketones (excluding diaryl/α,β-unsaturated/α-hetero) is 2. The third-order valence-corrected chi connectivity index (χ3v) is 5.49. The first kappa shape index (κ1) is 23.7. The molecule has 0 aliphatic heterocycles. The first-order valence-corrected chi connectivity index (χ1v) is 10.9. The molecule has 0 atom stereocenters. The Balaban J connectivity index is 0.000000179. The maximum atomic E-state index is 12.1. The summed E-state index contributed by atoms with van der Waals surface area (Å²) in [5, 5.41) is 10.2. The van der Waals surface area contributed by atoms with Gasteiger partial charge in [-0.2, -0.15) is 0 Å². The summed E-state index contributed by atoms with van der Waals surface area (Å²) in [6.07, 6.45) is 10.3. The molecule has 2 aromatic rings. The average Bonchev–Trinajstić information content (AvgIpc) is 2.81. The Morgan fingerprint density at radius 1 is 0.767 bits per heavy atom. The molecule has 2 aliphatic rings. The third kappa shape index (κ3) is 8.03. The number of ketones is 2. The van der Waals surface area contributed by atoms with Crippen molar-refractivity contribution in [1.29, 1.82) is 0 Å². The van der Waals surface area contributed by atoms with Crippen molar-refractivity contribution in [2.24, 2.45) is 0 Å². The minimum Gasteiger partial charge on any atom is -0.382 e. The number of aliphatic hydroxyl groups is 1. The van der Waals surface area contributed by atoms with E-state index in [0.29, 0.717) is 24.2 Å². The van der Waals surface area contributed by atoms with Gasteiger partial charge in [0.1, 0.15) is 17.7 Å². The second kappa shape index (κ2) is 12.9. The van der Waals surface area contributed by atoms with Crippen LogP contribution in [0.5, 0.6) is 0 Å². The predicted molar refractivity (Wildman–Crippen MR) is 119 cm³/mol. The highest BCUT2D eigenvalue weighted by atomic mass is 16.3. The maximum Gasteiger partial charge on any atom is 0.194 e. The van der Waals surface area contributed by atoms with Crippen LogP contribution >= 0.6 is 0 Å². The molecule has 0 bridgehead atoms. The smallest absolute Gasteiger partial charge is 0.194 e. The fourth-order valence-corrected chi connectivity index (χ4v) is 3.70. The van der Waals surface area contributed by atoms with Crippen molar-refractivity contribution in [3.05, 3.63) is 71.8 Å². The lowest BCUT2D eigenvalue weighted by atomic mass is 9.79. The van der Waals surface area contributed by atoms with Crippen molar-refractivity contribution in [1.82, 2.24) is 0 Å². The molecule has 4 rings (SSSR count). The number of benzene rings is 2. The van der Waals surface area contributed by atoms with Crippen LogP contribution in [0.3, 0.4) is 0 Å². The van der Waals surface area contributed by atoms with Crippen LogP contribution in [0.4, 0.5) is 0 Å². The van der Waals surface area contributed by atoms with Gasteiger partial charge in [0, 0.05) is 24.0 Å². The van der Waals surface area contributed by atoms with Crippen molar-refractivity contribution in [3.63, 3.8) is 0 Å². The topological polar surface area (TPSA) is 71.4 Å². The van der Waals surface area contributed by atoms with E-state index in [4.69, 9.17) is 0 Å². The lowest BCUT2D eigenvalue weighted by Crippen LogP contribution is -2.40. The van der Waals surface area contributed by atoms with Crippen molar-refractivity contribution in [2.75, 3.05) is 0 Å². The molecular formula is C26H32O4. The lowest BCUT2D eigenvalue weighted by molar-refractivity contribution is -0.120. The molecule has 160 valence electrons. The Morgan fingerprint density at radius 3 is 1.70 bits per heavy atom. The molecule has 1 N–H and O–H groups in total. The molecule has 2 aliphatic carbocycles. The number of hydrogen-bond donors (Lipinski definition) is 1. The van der Waals surface area contributed by atoms with Crippen molar-refractivity contribution < 1.29 is 19.5 Å². The van der Waals surface area contributed by atoms with Crippen molar-refractivity contribution in [2.45, 2.75) is 69.8 Å². The van der Waals surface area contributed by atoms with Gasteiger partial charge in [-0.15, -0.1) is 0 Å². The normalized spacial score (nSPS) is 17.4. The van der Waals surface area contributed by atoms with E-state index in [1.54, 1.807) is 24.3 Å². The van der Waals surface area contributed by atoms with E-state index in [0.717, 1.165) is 56.8 Å². The lowest BCUT2D eigenvalue weighted by Gasteiger charge is -2.30. The van der Waals surface area contributed by atoms with Gasteiger partial charge in [-0.25, -0.2) is 0 Å². The SMILES string of the molecule is O=C(c1ccccc1)C1(O)CCCCC1.O=C1CCCCC1.O=Cc1ccccc1. The molecular weight excluding hydrogens is 376 g/mol. The van der Waals surface area contributed by atoms with Gasteiger partial charge < -0.3 is 5.11 Å². The van der Waals surface area contributed by atoms with Gasteiger partial charge >= 0.3 is 0 Å². The van der Waals surface area contributed by atoms with Crippen molar-refractivity contribution in [3.8, 4) is 0 Å². The molecule has 0 heterocycles. The maximum absolute atomic E-state index is 12.1. The van der Waals surface area contributed by atoms with Gasteiger partial charge in [0.2, 0.25) is 0 Å². The number of carbonyl (C=O) groups is 3. The molecule has 2 saturated carbocycles. The Hall–Kier alpha value is -2.59. The van der Waals surface area contributed by atoms with E-state index in [2.05, 4.69) is 0 Å². The molecule has 2 aromatic carbocycles. The predicted octanol–water partition coefficient (Wildman–Crippen LogP) is 5.58. The summed E-state index contributed by atoms with van der Waals surface area (Å²) in [5.74, 6) is 0.356. The second-order valence-electron chi connectivity index (χ2n) is 7.92. The molecule has 0 unspecified atom stereocenters. The number of hydrogen-bond acceptors (Lipinski definition) is 4. The van der Waals surface area contributed by atoms with Crippen LogP contribution in [0, 0.1) is 0 Å². The fourth-order valence-electron chi connectivity index (χ4n) is 3.70. The summed E-state index contributed by atoms with van der Waals surface area (Å²) in [6.45, 7) is 0. The molecule has 30 heavy (non-hydrogen) atoms. The van der Waals surface area contributed by atoms with Gasteiger partial charge in [0.25, 0.3) is 0 Å². The zero-order valence-corrected chi connectivity index (χ0v) is 17.6. The third-order valence-electron chi connectivity index (χ3n) is 5.49. The van der Waals surface area contributed by atoms with Crippen LogP contribution in [0.2, 0.25) is 0 Å². The molecule has 0 amide bonds. The van der Waals surface area contributed by atoms with Gasteiger partial charge in [-0.3, -0.25) is 14.4 Å². The van der Waals surface area contributed by atoms with Crippen LogP contribution in [0.25, 0.3) is 0 Å². The summed E-state index contributed by atoms with van der Waals surface area (Å²) in [4.78, 5) is 32.5. The van der Waals surface area contributed by atoms with Gasteiger partial charge in [-0.05, 0) is 25.7 Å². The van der Waals surface area contributed by atoms with Crippen LogP contribution < -0.4 is 0 Å². The zero-order chi connectivity index (χ0) is 21.7. The standard InChI is InChI=1S/C13H16O2.C7H6O.C6H10O/c14-12(11-7-3-1-4-8-11)13(15)9-5-2-6-10-13;8-6-7-4-2-1-3-5-7;7-6-4-2-1-3-5-6/h1,3-4,7-8,15H,2,5-6,9-10H2;1-6H;1-5H2. The highest BCUT2D eigenvalue weighted by molar-refractivity contribution is 6.02. The quantitative estimate of drug-likeness (QED) is 0.531. The van der Waals surface area contributed by atoms with E-state index < -0.39 is 5.60 Å². The molecule has 0 saturated heterocycles. The van der Waals surface area contributed by atoms with Crippen LogP contribution in [-0.4, -0.2) is 28.6 Å². The van der Waals surface area contributed by atoms with Gasteiger partial charge in [0.05, 0.1) is 0 Å². The summed E-state index contributed by atoms with van der Waals surface area (Å²) in [7, 11) is 0. The highest BCUT2D eigenvalue weighted by Crippen LogP contribution is 2.31. The summed E-state index contributed by atoms with van der Waals surface area (Å²) >= 11 is 0. The average molecular weight is 409 g/mol. The van der Waals surface area contributed by atoms with Gasteiger partial charge in [0.15, 0.2) is 5.78 Å². The van der Waals surface area contributed by atoms with E-state index in [9.17, 15) is 19.5 Å². The van der Waals surface area contributed by atoms with Gasteiger partial charge in [-0.1, -0.05) is 86.3 Å². The van der Waals surface area contributed by atoms with E-state index in [1.165, 1.54) is 6.42 Å². The minimum atomic E-state index is -1.10. The van der Waals surface area contributed by atoms with Crippen molar-refractivity contribution >= 4 is 17.9 Å². The Bertz CT molecular complexity index is 769. The first-order chi connectivity index (χ1) is 14.5. The van der Waals surface area contributed by atoms with E-state index >= 15 is 0 Å². The molecule has 0 spiro atoms. The minimum absolute atomic E-state index is 0.109. The monoisotopic (exact) mass is 408 g/mol. The van der Waals surface area contributed by atoms with Crippen LogP contribution in [-0.2, 0) is 4.79 Å². The van der Waals surface area contributed by atoms with Crippen LogP contribution in [0.1, 0.15) is 84.9 Å². The Kier molecular flexibility index (Phi) is 10.2. The summed E-state index contributed by atoms with van der Waals surface area (Å²) in [6, 6.07) is 18.2. The molecule has 0 aromatic heterocycles. The highest BCUT2D eigenvalue weighted by Gasteiger charge is 2.37. The molecule has 2 fully saturated rings. The molecule has 4 heteroatoms. The number of rotatable bonds is 3. The Morgan fingerprint density at radius 2 is 1.27 bits per heavy atom. The second-order valence-corrected chi connectivity index (χ2v) is 7.92. The Labute approximate surface area is 179 Å². The fraction of sp³-hybridized carbons (Fsp3) is 0.423. The van der Waals surface area contributed by atoms with E-state index in [1.807, 2.05) is 36.4 Å². The zero-order valence-electron chi connectivity index (χ0n) is 17.6. The molecule has 0 radical (unpaired) electrons.